The van der Waals surface area contributed by atoms with E-state index in [0.717, 1.165) is 25.3 Å². The maximum atomic E-state index is 11.9. The number of nitrogens with two attached hydrogens (primary N) is 1. The van der Waals surface area contributed by atoms with Crippen molar-refractivity contribution in [2.45, 2.75) is 19.4 Å². The van der Waals surface area contributed by atoms with E-state index < -0.39 is 0 Å². The predicted octanol–water partition coefficient (Wildman–Crippen LogP) is 1.59. The van der Waals surface area contributed by atoms with Crippen molar-refractivity contribution >= 4 is 17.3 Å². The molecule has 0 bridgehead atoms. The fourth-order valence-corrected chi connectivity index (χ4v) is 2.62. The quantitative estimate of drug-likeness (QED) is 0.657. The molecule has 0 aliphatic carbocycles. The van der Waals surface area contributed by atoms with Crippen molar-refractivity contribution in [2.24, 2.45) is 0 Å². The SMILES string of the molecule is COC(=O)c1cccc(N)c1N1CCN(C)C(C)(C)C1. The third-order valence-corrected chi connectivity index (χ3v) is 4.11. The number of methoxy groups -OCH3 is 1. The molecule has 1 heterocycles. The molecule has 0 spiro atoms. The van der Waals surface area contributed by atoms with Gasteiger partial charge in [0.2, 0.25) is 0 Å². The molecule has 0 aromatic heterocycles. The molecule has 1 aromatic carbocycles. The first kappa shape index (κ1) is 14.7. The highest BCUT2D eigenvalue weighted by Gasteiger charge is 2.33. The summed E-state index contributed by atoms with van der Waals surface area (Å²) in [7, 11) is 3.51. The summed E-state index contributed by atoms with van der Waals surface area (Å²) in [5.41, 5.74) is 8.09. The molecule has 5 nitrogen and oxygen atoms in total. The van der Waals surface area contributed by atoms with Gasteiger partial charge < -0.3 is 15.4 Å². The number of likely N-dealkylation sites (N-methyl/N-ethyl adjacent to an activating group) is 1. The largest absolute Gasteiger partial charge is 0.465 e. The number of anilines is 2. The van der Waals surface area contributed by atoms with Crippen LogP contribution in [0.1, 0.15) is 24.2 Å². The number of esters is 1. The zero-order valence-electron chi connectivity index (χ0n) is 12.6. The number of ether oxygens (including phenoxy) is 1. The minimum atomic E-state index is -0.343. The summed E-state index contributed by atoms with van der Waals surface area (Å²) in [5.74, 6) is -0.343. The van der Waals surface area contributed by atoms with Crippen molar-refractivity contribution in [1.82, 2.24) is 4.90 Å². The Balaban J connectivity index is 2.40. The van der Waals surface area contributed by atoms with Crippen LogP contribution in [0, 0.1) is 0 Å². The molecule has 0 saturated carbocycles. The molecular weight excluding hydrogens is 254 g/mol. The second kappa shape index (κ2) is 5.32. The lowest BCUT2D eigenvalue weighted by molar-refractivity contribution is 0.0600. The standard InChI is InChI=1S/C15H23N3O2/c1-15(2)10-18(9-8-17(15)3)13-11(14(19)20-4)6-5-7-12(13)16/h5-7H,8-10,16H2,1-4H3. The molecule has 110 valence electrons. The first-order valence-corrected chi connectivity index (χ1v) is 6.80. The van der Waals surface area contributed by atoms with Crippen molar-refractivity contribution in [2.75, 3.05) is 44.4 Å². The summed E-state index contributed by atoms with van der Waals surface area (Å²) in [6.07, 6.45) is 0. The number of para-hydroxylation sites is 1. The molecule has 0 radical (unpaired) electrons. The Bertz CT molecular complexity index is 514. The van der Waals surface area contributed by atoms with Gasteiger partial charge in [-0.3, -0.25) is 4.90 Å². The van der Waals surface area contributed by atoms with E-state index in [-0.39, 0.29) is 11.5 Å². The first-order valence-electron chi connectivity index (χ1n) is 6.80. The smallest absolute Gasteiger partial charge is 0.340 e. The van der Waals surface area contributed by atoms with Gasteiger partial charge in [0.15, 0.2) is 0 Å². The summed E-state index contributed by atoms with van der Waals surface area (Å²) >= 11 is 0. The third-order valence-electron chi connectivity index (χ3n) is 4.11. The summed E-state index contributed by atoms with van der Waals surface area (Å²) in [6.45, 7) is 6.98. The number of nitrogen functional groups attached to an aromatic ring is 1. The van der Waals surface area contributed by atoms with Crippen LogP contribution in [-0.2, 0) is 4.74 Å². The zero-order valence-corrected chi connectivity index (χ0v) is 12.6. The predicted molar refractivity (Wildman–Crippen MR) is 81.1 cm³/mol. The highest BCUT2D eigenvalue weighted by Crippen LogP contribution is 2.32. The van der Waals surface area contributed by atoms with Crippen LogP contribution in [0.25, 0.3) is 0 Å². The van der Waals surface area contributed by atoms with Crippen LogP contribution in [-0.4, -0.2) is 50.2 Å². The number of hydrogen-bond acceptors (Lipinski definition) is 5. The Morgan fingerprint density at radius 1 is 1.35 bits per heavy atom. The van der Waals surface area contributed by atoms with Crippen molar-refractivity contribution in [3.63, 3.8) is 0 Å². The lowest BCUT2D eigenvalue weighted by atomic mass is 9.98. The van der Waals surface area contributed by atoms with Gasteiger partial charge in [-0.1, -0.05) is 6.07 Å². The number of rotatable bonds is 2. The van der Waals surface area contributed by atoms with Crippen molar-refractivity contribution < 1.29 is 9.53 Å². The first-order chi connectivity index (χ1) is 9.36. The van der Waals surface area contributed by atoms with Gasteiger partial charge in [-0.15, -0.1) is 0 Å². The van der Waals surface area contributed by atoms with E-state index in [4.69, 9.17) is 10.5 Å². The van der Waals surface area contributed by atoms with Crippen molar-refractivity contribution in [3.8, 4) is 0 Å². The number of nitrogens with zero attached hydrogens (tertiary/aromatic N) is 2. The van der Waals surface area contributed by atoms with E-state index >= 15 is 0 Å². The van der Waals surface area contributed by atoms with E-state index in [1.165, 1.54) is 7.11 Å². The molecule has 0 amide bonds. The van der Waals surface area contributed by atoms with Gasteiger partial charge in [-0.25, -0.2) is 4.79 Å². The number of carbonyl (C=O) groups excluding carboxylic acids is 1. The molecule has 0 atom stereocenters. The van der Waals surface area contributed by atoms with Crippen LogP contribution in [0.15, 0.2) is 18.2 Å². The summed E-state index contributed by atoms with van der Waals surface area (Å²) < 4.78 is 4.86. The van der Waals surface area contributed by atoms with Crippen molar-refractivity contribution in [1.29, 1.82) is 0 Å². The molecule has 1 aromatic rings. The van der Waals surface area contributed by atoms with Gasteiger partial charge in [-0.2, -0.15) is 0 Å². The fourth-order valence-electron chi connectivity index (χ4n) is 2.62. The minimum absolute atomic E-state index is 0.0356. The van der Waals surface area contributed by atoms with E-state index in [0.29, 0.717) is 11.3 Å². The maximum Gasteiger partial charge on any atom is 0.340 e. The zero-order chi connectivity index (χ0) is 14.9. The Labute approximate surface area is 120 Å². The lowest BCUT2D eigenvalue weighted by Crippen LogP contribution is -2.58. The van der Waals surface area contributed by atoms with Gasteiger partial charge >= 0.3 is 5.97 Å². The van der Waals surface area contributed by atoms with E-state index in [1.807, 2.05) is 6.07 Å². The molecule has 2 rings (SSSR count). The molecule has 1 fully saturated rings. The number of carbonyl (C=O) groups is 1. The van der Waals surface area contributed by atoms with Crippen LogP contribution in [0.4, 0.5) is 11.4 Å². The molecule has 1 saturated heterocycles. The molecule has 1 aliphatic rings. The second-order valence-corrected chi connectivity index (χ2v) is 5.89. The summed E-state index contributed by atoms with van der Waals surface area (Å²) in [5, 5.41) is 0. The van der Waals surface area contributed by atoms with Gasteiger partial charge in [0.05, 0.1) is 24.0 Å². The average molecular weight is 277 g/mol. The highest BCUT2D eigenvalue weighted by atomic mass is 16.5. The van der Waals surface area contributed by atoms with Crippen LogP contribution < -0.4 is 10.6 Å². The topological polar surface area (TPSA) is 58.8 Å². The highest BCUT2D eigenvalue weighted by molar-refractivity contribution is 5.99. The summed E-state index contributed by atoms with van der Waals surface area (Å²) in [4.78, 5) is 16.4. The second-order valence-electron chi connectivity index (χ2n) is 5.89. The van der Waals surface area contributed by atoms with Gasteiger partial charge in [0.1, 0.15) is 0 Å². The molecule has 5 heteroatoms. The van der Waals surface area contributed by atoms with E-state index in [9.17, 15) is 4.79 Å². The Kier molecular flexibility index (Phi) is 3.90. The monoisotopic (exact) mass is 277 g/mol. The fraction of sp³-hybridized carbons (Fsp3) is 0.533. The van der Waals surface area contributed by atoms with E-state index in [1.54, 1.807) is 12.1 Å². The van der Waals surface area contributed by atoms with Crippen molar-refractivity contribution in [3.05, 3.63) is 23.8 Å². The Morgan fingerprint density at radius 3 is 2.65 bits per heavy atom. The van der Waals surface area contributed by atoms with Crippen LogP contribution >= 0.6 is 0 Å². The molecule has 20 heavy (non-hydrogen) atoms. The minimum Gasteiger partial charge on any atom is -0.465 e. The average Bonchev–Trinajstić information content (AvgIpc) is 2.40. The number of hydrogen-bond donors (Lipinski definition) is 1. The van der Waals surface area contributed by atoms with Crippen LogP contribution in [0.2, 0.25) is 0 Å². The Hall–Kier alpha value is -1.75. The van der Waals surface area contributed by atoms with Gasteiger partial charge in [0, 0.05) is 25.2 Å². The lowest BCUT2D eigenvalue weighted by Gasteiger charge is -2.46. The summed E-state index contributed by atoms with van der Waals surface area (Å²) in [6, 6.07) is 5.38. The molecule has 2 N–H and O–H groups in total. The number of benzene rings is 1. The molecule has 1 aliphatic heterocycles. The third kappa shape index (κ3) is 2.58. The van der Waals surface area contributed by atoms with Crippen LogP contribution in [0.3, 0.4) is 0 Å². The van der Waals surface area contributed by atoms with Crippen LogP contribution in [0.5, 0.6) is 0 Å². The Morgan fingerprint density at radius 2 is 2.05 bits per heavy atom. The van der Waals surface area contributed by atoms with Gasteiger partial charge in [0.25, 0.3) is 0 Å². The van der Waals surface area contributed by atoms with E-state index in [2.05, 4.69) is 30.7 Å². The molecule has 0 unspecified atom stereocenters. The number of piperazine rings is 1. The molecular formula is C15H23N3O2. The van der Waals surface area contributed by atoms with Gasteiger partial charge in [-0.05, 0) is 33.0 Å². The normalized spacial score (nSPS) is 18.9. The maximum absolute atomic E-state index is 11.9.